The van der Waals surface area contributed by atoms with Gasteiger partial charge in [0.25, 0.3) is 0 Å². The number of rotatable bonds is 3. The van der Waals surface area contributed by atoms with Gasteiger partial charge in [-0.1, -0.05) is 0 Å². The maximum Gasteiger partial charge on any atom is 0.209 e. The van der Waals surface area contributed by atoms with Crippen LogP contribution in [0.4, 0.5) is 5.82 Å². The van der Waals surface area contributed by atoms with E-state index in [9.17, 15) is 4.79 Å². The van der Waals surface area contributed by atoms with Crippen LogP contribution in [0.1, 0.15) is 11.5 Å². The van der Waals surface area contributed by atoms with Crippen molar-refractivity contribution in [3.63, 3.8) is 0 Å². The largest absolute Gasteiger partial charge is 0.378 e. The molecule has 1 aromatic heterocycles. The fraction of sp³-hybridized carbons (Fsp3) is 0.583. The van der Waals surface area contributed by atoms with Crippen molar-refractivity contribution in [2.24, 2.45) is 0 Å². The number of hydrogen-bond donors (Lipinski definition) is 0. The van der Waals surface area contributed by atoms with Crippen LogP contribution < -0.4 is 4.90 Å². The van der Waals surface area contributed by atoms with Crippen molar-refractivity contribution in [2.75, 3.05) is 44.3 Å². The fourth-order valence-electron chi connectivity index (χ4n) is 2.46. The van der Waals surface area contributed by atoms with E-state index in [2.05, 4.69) is 14.9 Å². The number of ether oxygens (including phenoxy) is 1. The molecule has 6 heteroatoms. The highest BCUT2D eigenvalue weighted by atomic mass is 16.5. The fourth-order valence-corrected chi connectivity index (χ4v) is 2.46. The van der Waals surface area contributed by atoms with Crippen LogP contribution in [0, 0.1) is 0 Å². The summed E-state index contributed by atoms with van der Waals surface area (Å²) in [5, 5.41) is 0. The number of amides is 1. The highest BCUT2D eigenvalue weighted by molar-refractivity contribution is 5.54. The third-order valence-electron chi connectivity index (χ3n) is 3.53. The molecule has 3 rings (SSSR count). The summed E-state index contributed by atoms with van der Waals surface area (Å²) in [5.41, 5.74) is 1.15. The number of carbonyl (C=O) groups is 1. The Balaban J connectivity index is 1.79. The van der Waals surface area contributed by atoms with Crippen LogP contribution in [-0.4, -0.2) is 60.7 Å². The SMILES string of the molecule is O=CN1CC(c2cncnc2N2CCOCC2)C1. The summed E-state index contributed by atoms with van der Waals surface area (Å²) in [6.07, 6.45) is 4.36. The molecule has 6 nitrogen and oxygen atoms in total. The lowest BCUT2D eigenvalue weighted by Crippen LogP contribution is -2.45. The number of morpholine rings is 1. The number of likely N-dealkylation sites (tertiary alicyclic amines) is 1. The molecule has 0 aromatic carbocycles. The molecule has 0 bridgehead atoms. The van der Waals surface area contributed by atoms with Gasteiger partial charge in [0.1, 0.15) is 12.1 Å². The van der Waals surface area contributed by atoms with Gasteiger partial charge in [0.05, 0.1) is 13.2 Å². The first-order chi connectivity index (χ1) is 8.88. The van der Waals surface area contributed by atoms with Gasteiger partial charge in [0.15, 0.2) is 0 Å². The molecule has 18 heavy (non-hydrogen) atoms. The summed E-state index contributed by atoms with van der Waals surface area (Å²) in [6.45, 7) is 4.77. The zero-order valence-corrected chi connectivity index (χ0v) is 10.2. The van der Waals surface area contributed by atoms with Gasteiger partial charge in [0, 0.05) is 43.9 Å². The molecule has 0 N–H and O–H groups in total. The molecule has 0 radical (unpaired) electrons. The van der Waals surface area contributed by atoms with Gasteiger partial charge < -0.3 is 14.5 Å². The maximum atomic E-state index is 10.6. The van der Waals surface area contributed by atoms with E-state index in [0.29, 0.717) is 5.92 Å². The molecule has 0 atom stereocenters. The molecule has 1 amide bonds. The van der Waals surface area contributed by atoms with Crippen molar-refractivity contribution < 1.29 is 9.53 Å². The normalized spacial score (nSPS) is 20.7. The van der Waals surface area contributed by atoms with Crippen molar-refractivity contribution in [1.82, 2.24) is 14.9 Å². The Morgan fingerprint density at radius 3 is 2.83 bits per heavy atom. The first kappa shape index (κ1) is 11.4. The van der Waals surface area contributed by atoms with Crippen LogP contribution in [0.3, 0.4) is 0 Å². The lowest BCUT2D eigenvalue weighted by molar-refractivity contribution is -0.122. The summed E-state index contributed by atoms with van der Waals surface area (Å²) in [5.74, 6) is 1.37. The molecule has 2 aliphatic heterocycles. The van der Waals surface area contributed by atoms with E-state index in [1.54, 1.807) is 11.2 Å². The minimum Gasteiger partial charge on any atom is -0.378 e. The van der Waals surface area contributed by atoms with Crippen molar-refractivity contribution in [1.29, 1.82) is 0 Å². The molecule has 0 unspecified atom stereocenters. The van der Waals surface area contributed by atoms with Crippen molar-refractivity contribution in [2.45, 2.75) is 5.92 Å². The number of carbonyl (C=O) groups excluding carboxylic acids is 1. The predicted molar refractivity (Wildman–Crippen MR) is 65.4 cm³/mol. The summed E-state index contributed by atoms with van der Waals surface area (Å²) in [7, 11) is 0. The Bertz CT molecular complexity index is 428. The van der Waals surface area contributed by atoms with E-state index in [1.807, 2.05) is 6.20 Å². The molecule has 2 aliphatic rings. The van der Waals surface area contributed by atoms with Gasteiger partial charge in [-0.05, 0) is 0 Å². The maximum absolute atomic E-state index is 10.6. The zero-order valence-electron chi connectivity index (χ0n) is 10.2. The minimum absolute atomic E-state index is 0.370. The van der Waals surface area contributed by atoms with Crippen molar-refractivity contribution in [3.05, 3.63) is 18.1 Å². The van der Waals surface area contributed by atoms with Crippen LogP contribution in [-0.2, 0) is 9.53 Å². The highest BCUT2D eigenvalue weighted by Gasteiger charge is 2.31. The van der Waals surface area contributed by atoms with Crippen LogP contribution in [0.2, 0.25) is 0 Å². The van der Waals surface area contributed by atoms with E-state index in [-0.39, 0.29) is 0 Å². The third kappa shape index (κ3) is 2.03. The van der Waals surface area contributed by atoms with Crippen LogP contribution in [0.15, 0.2) is 12.5 Å². The summed E-state index contributed by atoms with van der Waals surface area (Å²) in [4.78, 5) is 23.1. The number of nitrogens with zero attached hydrogens (tertiary/aromatic N) is 4. The monoisotopic (exact) mass is 248 g/mol. The molecule has 2 fully saturated rings. The van der Waals surface area contributed by atoms with E-state index >= 15 is 0 Å². The molecule has 96 valence electrons. The Labute approximate surface area is 106 Å². The van der Waals surface area contributed by atoms with E-state index < -0.39 is 0 Å². The molecule has 0 saturated carbocycles. The summed E-state index contributed by atoms with van der Waals surface area (Å²) in [6, 6.07) is 0. The Morgan fingerprint density at radius 2 is 2.11 bits per heavy atom. The second kappa shape index (κ2) is 4.89. The van der Waals surface area contributed by atoms with Gasteiger partial charge in [-0.15, -0.1) is 0 Å². The lowest BCUT2D eigenvalue weighted by Gasteiger charge is -2.38. The molecule has 1 aromatic rings. The molecular weight excluding hydrogens is 232 g/mol. The number of anilines is 1. The molecule has 2 saturated heterocycles. The zero-order chi connectivity index (χ0) is 12.4. The molecular formula is C12H16N4O2. The summed E-state index contributed by atoms with van der Waals surface area (Å²) < 4.78 is 5.36. The van der Waals surface area contributed by atoms with Crippen molar-refractivity contribution >= 4 is 12.2 Å². The Hall–Kier alpha value is -1.69. The van der Waals surface area contributed by atoms with Crippen LogP contribution >= 0.6 is 0 Å². The van der Waals surface area contributed by atoms with E-state index in [4.69, 9.17) is 4.74 Å². The van der Waals surface area contributed by atoms with Crippen LogP contribution in [0.25, 0.3) is 0 Å². The second-order valence-corrected chi connectivity index (χ2v) is 4.66. The second-order valence-electron chi connectivity index (χ2n) is 4.66. The van der Waals surface area contributed by atoms with E-state index in [0.717, 1.165) is 57.2 Å². The first-order valence-electron chi connectivity index (χ1n) is 6.20. The molecule has 3 heterocycles. The standard InChI is InChI=1S/C12H16N4O2/c17-9-15-6-10(7-15)11-5-13-8-14-12(11)16-1-3-18-4-2-16/h5,8-10H,1-4,6-7H2. The van der Waals surface area contributed by atoms with Crippen molar-refractivity contribution in [3.8, 4) is 0 Å². The quantitative estimate of drug-likeness (QED) is 0.697. The van der Waals surface area contributed by atoms with Gasteiger partial charge >= 0.3 is 0 Å². The molecule has 0 aliphatic carbocycles. The number of aromatic nitrogens is 2. The van der Waals surface area contributed by atoms with Gasteiger partial charge in [-0.3, -0.25) is 4.79 Å². The lowest BCUT2D eigenvalue weighted by atomic mass is 9.93. The Kier molecular flexibility index (Phi) is 3.10. The van der Waals surface area contributed by atoms with Crippen LogP contribution in [0.5, 0.6) is 0 Å². The predicted octanol–water partition coefficient (Wildman–Crippen LogP) is -0.131. The number of hydrogen-bond acceptors (Lipinski definition) is 5. The summed E-state index contributed by atoms with van der Waals surface area (Å²) >= 11 is 0. The van der Waals surface area contributed by atoms with Gasteiger partial charge in [0.2, 0.25) is 6.41 Å². The average molecular weight is 248 g/mol. The van der Waals surface area contributed by atoms with Gasteiger partial charge in [-0.2, -0.15) is 0 Å². The third-order valence-corrected chi connectivity index (χ3v) is 3.53. The van der Waals surface area contributed by atoms with E-state index in [1.165, 1.54) is 0 Å². The average Bonchev–Trinajstić information content (AvgIpc) is 2.39. The topological polar surface area (TPSA) is 58.6 Å². The Morgan fingerprint density at radius 1 is 1.33 bits per heavy atom. The highest BCUT2D eigenvalue weighted by Crippen LogP contribution is 2.31. The molecule has 0 spiro atoms. The van der Waals surface area contributed by atoms with Gasteiger partial charge in [-0.25, -0.2) is 9.97 Å². The smallest absolute Gasteiger partial charge is 0.209 e. The first-order valence-corrected chi connectivity index (χ1v) is 6.20. The minimum atomic E-state index is 0.370.